The number of ether oxygens (including phenoxy) is 1. The normalized spacial score (nSPS) is 11.5. The zero-order valence-corrected chi connectivity index (χ0v) is 20.9. The topological polar surface area (TPSA) is 79.8 Å². The van der Waals surface area contributed by atoms with Crippen LogP contribution >= 0.6 is 11.3 Å². The van der Waals surface area contributed by atoms with Gasteiger partial charge in [0, 0.05) is 31.6 Å². The van der Waals surface area contributed by atoms with Crippen LogP contribution in [0.2, 0.25) is 0 Å². The van der Waals surface area contributed by atoms with Gasteiger partial charge in [-0.3, -0.25) is 9.69 Å². The summed E-state index contributed by atoms with van der Waals surface area (Å²) >= 11 is 1.45. The van der Waals surface area contributed by atoms with Crippen molar-refractivity contribution in [1.29, 1.82) is 0 Å². The third-order valence-corrected chi connectivity index (χ3v) is 6.94. The predicted molar refractivity (Wildman–Crippen MR) is 132 cm³/mol. The Balaban J connectivity index is 1.52. The molecule has 33 heavy (non-hydrogen) atoms. The highest BCUT2D eigenvalue weighted by Crippen LogP contribution is 2.29. The lowest BCUT2D eigenvalue weighted by molar-refractivity contribution is -0.115. The van der Waals surface area contributed by atoms with Crippen molar-refractivity contribution >= 4 is 37.9 Å². The van der Waals surface area contributed by atoms with E-state index in [1.54, 1.807) is 36.1 Å². The van der Waals surface area contributed by atoms with E-state index >= 15 is 0 Å². The molecule has 7 nitrogen and oxygen atoms in total. The van der Waals surface area contributed by atoms with E-state index in [0.717, 1.165) is 29.9 Å². The maximum Gasteiger partial charge on any atom is 0.230 e. The highest BCUT2D eigenvalue weighted by molar-refractivity contribution is 7.90. The molecule has 0 aliphatic rings. The number of rotatable bonds is 10. The monoisotopic (exact) mass is 487 g/mol. The van der Waals surface area contributed by atoms with Crippen molar-refractivity contribution in [2.24, 2.45) is 0 Å². The summed E-state index contributed by atoms with van der Waals surface area (Å²) in [4.78, 5) is 21.0. The van der Waals surface area contributed by atoms with Gasteiger partial charge in [0.15, 0.2) is 15.0 Å². The van der Waals surface area contributed by atoms with E-state index in [1.807, 2.05) is 43.6 Å². The Morgan fingerprint density at radius 1 is 1.15 bits per heavy atom. The van der Waals surface area contributed by atoms with Gasteiger partial charge in [-0.2, -0.15) is 0 Å². The van der Waals surface area contributed by atoms with Crippen LogP contribution in [0.1, 0.15) is 24.6 Å². The number of hydrogen-bond acceptors (Lipinski definition) is 7. The summed E-state index contributed by atoms with van der Waals surface area (Å²) in [5, 5.41) is 2.63. The van der Waals surface area contributed by atoms with Gasteiger partial charge in [-0.15, -0.1) is 11.3 Å². The number of aromatic nitrogens is 1. The number of aryl methyl sites for hydroxylation is 1. The van der Waals surface area contributed by atoms with Crippen LogP contribution in [-0.2, 0) is 21.2 Å². The molecule has 1 aromatic heterocycles. The Labute approximate surface area is 199 Å². The van der Waals surface area contributed by atoms with Gasteiger partial charge in [0.2, 0.25) is 5.91 Å². The lowest BCUT2D eigenvalue weighted by atomic mass is 10.2. The standard InChI is InChI=1S/C24H29N3O4S2/c1-18-9-11-21(12-10-18)27(19(2)28)24-25-20(17-32-24)16-26(3)13-6-14-31-22-7-5-8-23(15-22)33(4,29)30/h5,7-12,15,17H,6,13-14,16H2,1-4H3. The fourth-order valence-corrected chi connectivity index (χ4v) is 4.80. The highest BCUT2D eigenvalue weighted by atomic mass is 32.2. The van der Waals surface area contributed by atoms with E-state index in [9.17, 15) is 13.2 Å². The molecule has 3 rings (SSSR count). The summed E-state index contributed by atoms with van der Waals surface area (Å²) in [6.07, 6.45) is 1.96. The Kier molecular flexibility index (Phi) is 8.23. The molecule has 0 fully saturated rings. The predicted octanol–water partition coefficient (Wildman–Crippen LogP) is 4.44. The van der Waals surface area contributed by atoms with Crippen molar-refractivity contribution < 1.29 is 17.9 Å². The van der Waals surface area contributed by atoms with Crippen LogP contribution in [0.15, 0.2) is 58.8 Å². The third-order valence-electron chi connectivity index (χ3n) is 4.96. The Bertz CT molecular complexity index is 1190. The van der Waals surface area contributed by atoms with Gasteiger partial charge in [0.05, 0.1) is 22.9 Å². The molecule has 0 unspecified atom stereocenters. The molecule has 1 amide bonds. The quantitative estimate of drug-likeness (QED) is 0.393. The van der Waals surface area contributed by atoms with Crippen molar-refractivity contribution in [3.8, 4) is 5.75 Å². The van der Waals surface area contributed by atoms with Gasteiger partial charge in [-0.05, 0) is 50.7 Å². The van der Waals surface area contributed by atoms with E-state index in [1.165, 1.54) is 17.6 Å². The molecule has 0 aliphatic heterocycles. The van der Waals surface area contributed by atoms with Crippen LogP contribution in [0, 0.1) is 6.92 Å². The van der Waals surface area contributed by atoms with Crippen molar-refractivity contribution in [2.75, 3.05) is 31.4 Å². The Morgan fingerprint density at radius 2 is 1.88 bits per heavy atom. The van der Waals surface area contributed by atoms with Crippen LogP contribution < -0.4 is 9.64 Å². The number of thiazole rings is 1. The summed E-state index contributed by atoms with van der Waals surface area (Å²) in [6.45, 7) is 5.47. The summed E-state index contributed by atoms with van der Waals surface area (Å²) in [5.74, 6) is 0.468. The zero-order chi connectivity index (χ0) is 24.0. The van der Waals surface area contributed by atoms with E-state index in [0.29, 0.717) is 24.0 Å². The summed E-state index contributed by atoms with van der Waals surface area (Å²) in [6, 6.07) is 14.3. The highest BCUT2D eigenvalue weighted by Gasteiger charge is 2.18. The number of carbonyl (C=O) groups is 1. The van der Waals surface area contributed by atoms with Crippen LogP contribution in [0.4, 0.5) is 10.8 Å². The number of anilines is 2. The minimum absolute atomic E-state index is 0.0785. The minimum atomic E-state index is -3.25. The van der Waals surface area contributed by atoms with E-state index in [2.05, 4.69) is 9.88 Å². The van der Waals surface area contributed by atoms with E-state index in [4.69, 9.17) is 4.74 Å². The molecule has 0 atom stereocenters. The summed E-state index contributed by atoms with van der Waals surface area (Å²) in [7, 11) is -1.25. The lowest BCUT2D eigenvalue weighted by Gasteiger charge is -2.18. The summed E-state index contributed by atoms with van der Waals surface area (Å²) in [5.41, 5.74) is 2.84. The molecule has 2 aromatic carbocycles. The van der Waals surface area contributed by atoms with Gasteiger partial charge in [0.1, 0.15) is 5.75 Å². The van der Waals surface area contributed by atoms with Gasteiger partial charge >= 0.3 is 0 Å². The SMILES string of the molecule is CC(=O)N(c1ccc(C)cc1)c1nc(CN(C)CCCOc2cccc(S(C)(=O)=O)c2)cs1. The smallest absolute Gasteiger partial charge is 0.230 e. The molecule has 0 spiro atoms. The van der Waals surface area contributed by atoms with Crippen molar-refractivity contribution in [1.82, 2.24) is 9.88 Å². The number of carbonyl (C=O) groups excluding carboxylic acids is 1. The molecule has 3 aromatic rings. The van der Waals surface area contributed by atoms with E-state index < -0.39 is 9.84 Å². The fourth-order valence-electron chi connectivity index (χ4n) is 3.27. The number of nitrogens with zero attached hydrogens (tertiary/aromatic N) is 3. The Hall–Kier alpha value is -2.75. The van der Waals surface area contributed by atoms with Gasteiger partial charge in [-0.25, -0.2) is 13.4 Å². The first-order valence-electron chi connectivity index (χ1n) is 10.6. The fraction of sp³-hybridized carbons (Fsp3) is 0.333. The van der Waals surface area contributed by atoms with Gasteiger partial charge in [0.25, 0.3) is 0 Å². The first-order chi connectivity index (χ1) is 15.6. The van der Waals surface area contributed by atoms with Crippen molar-refractivity contribution in [3.05, 3.63) is 65.2 Å². The second-order valence-corrected chi connectivity index (χ2v) is 10.9. The molecule has 0 aliphatic carbocycles. The average molecular weight is 488 g/mol. The van der Waals surface area contributed by atoms with Gasteiger partial charge in [-0.1, -0.05) is 23.8 Å². The molecule has 0 saturated carbocycles. The number of sulfone groups is 1. The minimum Gasteiger partial charge on any atom is -0.494 e. The van der Waals surface area contributed by atoms with Crippen LogP contribution in [-0.4, -0.2) is 50.7 Å². The first kappa shape index (κ1) is 24.9. The maximum absolute atomic E-state index is 12.3. The van der Waals surface area contributed by atoms with Crippen LogP contribution in [0.5, 0.6) is 5.75 Å². The van der Waals surface area contributed by atoms with E-state index in [-0.39, 0.29) is 10.8 Å². The number of amides is 1. The van der Waals surface area contributed by atoms with Gasteiger partial charge < -0.3 is 9.64 Å². The number of benzene rings is 2. The molecule has 0 bridgehead atoms. The molecule has 1 heterocycles. The molecular formula is C24H29N3O4S2. The first-order valence-corrected chi connectivity index (χ1v) is 13.3. The van der Waals surface area contributed by atoms with Crippen molar-refractivity contribution in [3.63, 3.8) is 0 Å². The lowest BCUT2D eigenvalue weighted by Crippen LogP contribution is -2.23. The Morgan fingerprint density at radius 3 is 2.55 bits per heavy atom. The molecule has 9 heteroatoms. The molecule has 176 valence electrons. The van der Waals surface area contributed by atoms with Crippen LogP contribution in [0.3, 0.4) is 0 Å². The third kappa shape index (κ3) is 7.12. The molecule has 0 saturated heterocycles. The van der Waals surface area contributed by atoms with Crippen LogP contribution in [0.25, 0.3) is 0 Å². The summed E-state index contributed by atoms with van der Waals surface area (Å²) < 4.78 is 29.0. The number of hydrogen-bond donors (Lipinski definition) is 0. The van der Waals surface area contributed by atoms with Crippen molar-refractivity contribution in [2.45, 2.75) is 31.7 Å². The zero-order valence-electron chi connectivity index (χ0n) is 19.3. The maximum atomic E-state index is 12.3. The molecule has 0 radical (unpaired) electrons. The average Bonchev–Trinajstić information content (AvgIpc) is 3.20. The second kappa shape index (κ2) is 10.9. The second-order valence-electron chi connectivity index (χ2n) is 8.00. The molecule has 0 N–H and O–H groups in total. The largest absolute Gasteiger partial charge is 0.494 e. The molecular weight excluding hydrogens is 458 g/mol.